The summed E-state index contributed by atoms with van der Waals surface area (Å²) in [6.07, 6.45) is 0.637. The Morgan fingerprint density at radius 1 is 0.967 bits per heavy atom. The first kappa shape index (κ1) is 19.6. The molecular formula is C24H22N2O4. The second-order valence-corrected chi connectivity index (χ2v) is 7.12. The third-order valence-electron chi connectivity index (χ3n) is 5.26. The number of aromatic nitrogens is 1. The number of anilines is 1. The van der Waals surface area contributed by atoms with Gasteiger partial charge in [-0.2, -0.15) is 0 Å². The van der Waals surface area contributed by atoms with E-state index in [9.17, 15) is 14.4 Å². The van der Waals surface area contributed by atoms with Crippen LogP contribution in [0.4, 0.5) is 5.69 Å². The lowest BCUT2D eigenvalue weighted by Crippen LogP contribution is -2.19. The molecule has 0 aliphatic carbocycles. The van der Waals surface area contributed by atoms with E-state index >= 15 is 0 Å². The van der Waals surface area contributed by atoms with E-state index in [1.165, 1.54) is 0 Å². The van der Waals surface area contributed by atoms with Gasteiger partial charge in [0.15, 0.2) is 0 Å². The fourth-order valence-electron chi connectivity index (χ4n) is 3.78. The van der Waals surface area contributed by atoms with Crippen LogP contribution in [0, 0.1) is 0 Å². The molecule has 1 atom stereocenters. The van der Waals surface area contributed by atoms with Crippen molar-refractivity contribution in [1.29, 1.82) is 0 Å². The monoisotopic (exact) mass is 402 g/mol. The lowest BCUT2D eigenvalue weighted by atomic mass is 10.0. The van der Waals surface area contributed by atoms with E-state index in [0.29, 0.717) is 42.1 Å². The molecule has 1 aliphatic rings. The minimum absolute atomic E-state index is 0.0440. The lowest BCUT2D eigenvalue weighted by molar-refractivity contribution is -0.117. The molecule has 0 bridgehead atoms. The zero-order valence-electron chi connectivity index (χ0n) is 16.6. The number of ether oxygens (including phenoxy) is 1. The molecule has 0 unspecified atom stereocenters. The van der Waals surface area contributed by atoms with Crippen molar-refractivity contribution in [3.63, 3.8) is 0 Å². The molecule has 1 aliphatic heterocycles. The van der Waals surface area contributed by atoms with Crippen LogP contribution in [0.15, 0.2) is 66.7 Å². The second kappa shape index (κ2) is 8.37. The Balaban J connectivity index is 1.47. The van der Waals surface area contributed by atoms with Crippen molar-refractivity contribution in [2.75, 3.05) is 11.9 Å². The molecule has 1 N–H and O–H groups in total. The van der Waals surface area contributed by atoms with Gasteiger partial charge in [-0.05, 0) is 49.7 Å². The van der Waals surface area contributed by atoms with Crippen molar-refractivity contribution >= 4 is 23.3 Å². The number of ketones is 1. The van der Waals surface area contributed by atoms with Crippen LogP contribution in [-0.4, -0.2) is 28.8 Å². The van der Waals surface area contributed by atoms with Gasteiger partial charge in [-0.25, -0.2) is 4.79 Å². The SMILES string of the molecule is CCOC(=O)c1ccc(NC(=O)[C@H]2CCn3c(C(=O)c4ccccc4)ccc32)cc1. The maximum atomic E-state index is 12.8. The fourth-order valence-corrected chi connectivity index (χ4v) is 3.78. The van der Waals surface area contributed by atoms with Gasteiger partial charge >= 0.3 is 5.97 Å². The Morgan fingerprint density at radius 3 is 2.40 bits per heavy atom. The van der Waals surface area contributed by atoms with Crippen molar-refractivity contribution < 1.29 is 19.1 Å². The van der Waals surface area contributed by atoms with Gasteiger partial charge in [0.1, 0.15) is 0 Å². The van der Waals surface area contributed by atoms with Crippen LogP contribution in [0.25, 0.3) is 0 Å². The Bertz CT molecular complexity index is 1080. The van der Waals surface area contributed by atoms with Gasteiger partial charge in [-0.1, -0.05) is 30.3 Å². The van der Waals surface area contributed by atoms with E-state index in [-0.39, 0.29) is 23.6 Å². The third kappa shape index (κ3) is 3.76. The highest BCUT2D eigenvalue weighted by molar-refractivity contribution is 6.08. The molecule has 30 heavy (non-hydrogen) atoms. The number of benzene rings is 2. The Morgan fingerprint density at radius 2 is 1.70 bits per heavy atom. The summed E-state index contributed by atoms with van der Waals surface area (Å²) in [4.78, 5) is 37.4. The van der Waals surface area contributed by atoms with Crippen LogP contribution in [0.3, 0.4) is 0 Å². The van der Waals surface area contributed by atoms with Crippen molar-refractivity contribution in [3.8, 4) is 0 Å². The lowest BCUT2D eigenvalue weighted by Gasteiger charge is -2.11. The molecule has 0 saturated carbocycles. The predicted molar refractivity (Wildman–Crippen MR) is 113 cm³/mol. The largest absolute Gasteiger partial charge is 0.462 e. The molecule has 0 fully saturated rings. The number of rotatable bonds is 6. The molecule has 0 spiro atoms. The first-order valence-corrected chi connectivity index (χ1v) is 9.95. The number of carbonyl (C=O) groups is 3. The molecule has 2 heterocycles. The number of amides is 1. The molecule has 3 aromatic rings. The number of fused-ring (bicyclic) bond motifs is 1. The smallest absolute Gasteiger partial charge is 0.338 e. The molecular weight excluding hydrogens is 380 g/mol. The third-order valence-corrected chi connectivity index (χ3v) is 5.26. The predicted octanol–water partition coefficient (Wildman–Crippen LogP) is 4.02. The van der Waals surface area contributed by atoms with Gasteiger partial charge in [-0.15, -0.1) is 0 Å². The molecule has 4 rings (SSSR count). The van der Waals surface area contributed by atoms with Crippen molar-refractivity contribution in [2.45, 2.75) is 25.8 Å². The van der Waals surface area contributed by atoms with Crippen molar-refractivity contribution in [1.82, 2.24) is 4.57 Å². The minimum Gasteiger partial charge on any atom is -0.462 e. The maximum Gasteiger partial charge on any atom is 0.338 e. The van der Waals surface area contributed by atoms with Gasteiger partial charge < -0.3 is 14.6 Å². The number of hydrogen-bond donors (Lipinski definition) is 1. The maximum absolute atomic E-state index is 12.8. The van der Waals surface area contributed by atoms with Crippen LogP contribution in [-0.2, 0) is 16.1 Å². The highest BCUT2D eigenvalue weighted by Crippen LogP contribution is 2.32. The van der Waals surface area contributed by atoms with Crippen LogP contribution in [0.2, 0.25) is 0 Å². The molecule has 6 heteroatoms. The average Bonchev–Trinajstić information content (AvgIpc) is 3.37. The van der Waals surface area contributed by atoms with E-state index in [1.807, 2.05) is 28.8 Å². The van der Waals surface area contributed by atoms with E-state index in [1.54, 1.807) is 49.4 Å². The molecule has 1 amide bonds. The topological polar surface area (TPSA) is 77.4 Å². The zero-order chi connectivity index (χ0) is 21.1. The van der Waals surface area contributed by atoms with Crippen molar-refractivity contribution in [2.24, 2.45) is 0 Å². The first-order valence-electron chi connectivity index (χ1n) is 9.95. The summed E-state index contributed by atoms with van der Waals surface area (Å²) in [5, 5.41) is 2.90. The average molecular weight is 402 g/mol. The highest BCUT2D eigenvalue weighted by Gasteiger charge is 2.32. The normalized spacial score (nSPS) is 14.8. The van der Waals surface area contributed by atoms with E-state index in [2.05, 4.69) is 5.32 Å². The summed E-state index contributed by atoms with van der Waals surface area (Å²) in [6.45, 7) is 2.69. The fraction of sp³-hybridized carbons (Fsp3) is 0.208. The van der Waals surface area contributed by atoms with Gasteiger partial charge in [0.05, 0.1) is 23.8 Å². The molecule has 6 nitrogen and oxygen atoms in total. The van der Waals surface area contributed by atoms with E-state index < -0.39 is 0 Å². The molecule has 0 radical (unpaired) electrons. The Hall–Kier alpha value is -3.67. The van der Waals surface area contributed by atoms with E-state index in [4.69, 9.17) is 4.74 Å². The summed E-state index contributed by atoms with van der Waals surface area (Å²) in [5.74, 6) is -0.890. The second-order valence-electron chi connectivity index (χ2n) is 7.12. The van der Waals surface area contributed by atoms with Crippen molar-refractivity contribution in [3.05, 3.63) is 89.2 Å². The summed E-state index contributed by atoms with van der Waals surface area (Å²) in [6, 6.07) is 19.4. The summed E-state index contributed by atoms with van der Waals surface area (Å²) in [5.41, 5.74) is 3.13. The van der Waals surface area contributed by atoms with Gasteiger partial charge in [-0.3, -0.25) is 9.59 Å². The van der Waals surface area contributed by atoms with Gasteiger partial charge in [0, 0.05) is 23.5 Å². The number of carbonyl (C=O) groups excluding carboxylic acids is 3. The van der Waals surface area contributed by atoms with Crippen LogP contribution < -0.4 is 5.32 Å². The minimum atomic E-state index is -0.389. The Labute approximate surface area is 174 Å². The number of nitrogens with one attached hydrogen (secondary N) is 1. The quantitative estimate of drug-likeness (QED) is 0.499. The number of nitrogens with zero attached hydrogens (tertiary/aromatic N) is 1. The summed E-state index contributed by atoms with van der Waals surface area (Å²) in [7, 11) is 0. The van der Waals surface area contributed by atoms with E-state index in [0.717, 1.165) is 5.69 Å². The van der Waals surface area contributed by atoms with Crippen LogP contribution in [0.5, 0.6) is 0 Å². The molecule has 1 aromatic heterocycles. The van der Waals surface area contributed by atoms with Crippen LogP contribution in [0.1, 0.15) is 51.4 Å². The standard InChI is InChI=1S/C24H22N2O4/c1-2-30-24(29)17-8-10-18(11-9-17)25-23(28)19-14-15-26-20(19)12-13-21(26)22(27)16-6-4-3-5-7-16/h3-13,19H,2,14-15H2,1H3,(H,25,28)/t19-/m0/s1. The summed E-state index contributed by atoms with van der Waals surface area (Å²) >= 11 is 0. The van der Waals surface area contributed by atoms with Gasteiger partial charge in [0.25, 0.3) is 0 Å². The van der Waals surface area contributed by atoms with Crippen LogP contribution >= 0.6 is 0 Å². The number of esters is 1. The first-order chi connectivity index (χ1) is 14.6. The summed E-state index contributed by atoms with van der Waals surface area (Å²) < 4.78 is 6.90. The highest BCUT2D eigenvalue weighted by atomic mass is 16.5. The molecule has 152 valence electrons. The zero-order valence-corrected chi connectivity index (χ0v) is 16.6. The molecule has 2 aromatic carbocycles. The Kier molecular flexibility index (Phi) is 5.48. The number of hydrogen-bond acceptors (Lipinski definition) is 4. The van der Waals surface area contributed by atoms with Gasteiger partial charge in [0.2, 0.25) is 11.7 Å². The molecule has 0 saturated heterocycles.